The molecule has 22 heavy (non-hydrogen) atoms. The maximum absolute atomic E-state index is 10.3. The van der Waals surface area contributed by atoms with Gasteiger partial charge in [0.05, 0.1) is 13.2 Å². The van der Waals surface area contributed by atoms with Gasteiger partial charge in [0.2, 0.25) is 0 Å². The van der Waals surface area contributed by atoms with Crippen LogP contribution in [0.1, 0.15) is 11.9 Å². The van der Waals surface area contributed by atoms with Crippen LogP contribution in [0.5, 0.6) is 0 Å². The summed E-state index contributed by atoms with van der Waals surface area (Å²) >= 11 is 0. The van der Waals surface area contributed by atoms with Crippen LogP contribution in [0.3, 0.4) is 0 Å². The van der Waals surface area contributed by atoms with Crippen LogP contribution in [-0.2, 0) is 18.9 Å². The van der Waals surface area contributed by atoms with Gasteiger partial charge in [-0.15, -0.1) is 6.58 Å². The van der Waals surface area contributed by atoms with Crippen LogP contribution in [-0.4, -0.2) is 54.1 Å². The fraction of sp³-hybridized carbons (Fsp3) is 0.500. The van der Waals surface area contributed by atoms with E-state index in [-0.39, 0.29) is 13.2 Å². The smallest absolute Gasteiger partial charge is 0.187 e. The summed E-state index contributed by atoms with van der Waals surface area (Å²) in [7, 11) is 0. The summed E-state index contributed by atoms with van der Waals surface area (Å²) in [4.78, 5) is 0. The van der Waals surface area contributed by atoms with Crippen LogP contribution < -0.4 is 0 Å². The zero-order valence-electron chi connectivity index (χ0n) is 12.1. The summed E-state index contributed by atoms with van der Waals surface area (Å²) in [6.45, 7) is 4.01. The molecule has 0 amide bonds. The summed E-state index contributed by atoms with van der Waals surface area (Å²) < 4.78 is 22.4. The lowest BCUT2D eigenvalue weighted by molar-refractivity contribution is -0.360. The van der Waals surface area contributed by atoms with Crippen molar-refractivity contribution in [3.05, 3.63) is 48.6 Å². The van der Waals surface area contributed by atoms with E-state index in [0.29, 0.717) is 0 Å². The van der Waals surface area contributed by atoms with E-state index < -0.39 is 37.0 Å². The number of fused-ring (bicyclic) bond motifs is 1. The Hall–Kier alpha value is -1.28. The van der Waals surface area contributed by atoms with Gasteiger partial charge in [-0.3, -0.25) is 0 Å². The minimum absolute atomic E-state index is 0.222. The standard InChI is InChI=1S/C16H20O6/c1-2-8-19-16-13(18)12(17)14-11(21-16)9-20-15(22-14)10-6-4-3-5-7-10/h2-7,11-18H,1,8-9H2/t11?,12-,13?,14+,15?,16-/m1/s1. The summed E-state index contributed by atoms with van der Waals surface area (Å²) in [6, 6.07) is 9.44. The lowest BCUT2D eigenvalue weighted by Crippen LogP contribution is -2.62. The van der Waals surface area contributed by atoms with Crippen molar-refractivity contribution in [2.75, 3.05) is 13.2 Å². The molecule has 3 rings (SSSR count). The summed E-state index contributed by atoms with van der Waals surface area (Å²) in [5, 5.41) is 20.4. The van der Waals surface area contributed by atoms with Crippen LogP contribution in [0.2, 0.25) is 0 Å². The quantitative estimate of drug-likeness (QED) is 0.799. The van der Waals surface area contributed by atoms with Crippen molar-refractivity contribution in [3.8, 4) is 0 Å². The summed E-state index contributed by atoms with van der Waals surface area (Å²) in [5.41, 5.74) is 0.854. The van der Waals surface area contributed by atoms with E-state index in [9.17, 15) is 10.2 Å². The summed E-state index contributed by atoms with van der Waals surface area (Å²) in [5.74, 6) is 0. The first-order chi connectivity index (χ1) is 10.7. The van der Waals surface area contributed by atoms with Crippen LogP contribution in [0.25, 0.3) is 0 Å². The number of hydrogen-bond acceptors (Lipinski definition) is 6. The van der Waals surface area contributed by atoms with Gasteiger partial charge in [0, 0.05) is 5.56 Å². The van der Waals surface area contributed by atoms with Gasteiger partial charge in [-0.05, 0) is 0 Å². The van der Waals surface area contributed by atoms with E-state index in [1.54, 1.807) is 6.08 Å². The first-order valence-corrected chi connectivity index (χ1v) is 7.27. The van der Waals surface area contributed by atoms with Gasteiger partial charge in [-0.25, -0.2) is 0 Å². The molecule has 0 aliphatic carbocycles. The normalized spacial score (nSPS) is 38.3. The summed E-state index contributed by atoms with van der Waals surface area (Å²) in [6.07, 6.45) is -3.41. The maximum atomic E-state index is 10.3. The Kier molecular flexibility index (Phi) is 4.87. The van der Waals surface area contributed by atoms with Gasteiger partial charge in [0.25, 0.3) is 0 Å². The second kappa shape index (κ2) is 6.87. The third-order valence-corrected chi connectivity index (χ3v) is 3.78. The number of benzene rings is 1. The Labute approximate surface area is 128 Å². The Morgan fingerprint density at radius 2 is 1.95 bits per heavy atom. The zero-order valence-corrected chi connectivity index (χ0v) is 12.1. The highest BCUT2D eigenvalue weighted by molar-refractivity contribution is 5.16. The average Bonchev–Trinajstić information content (AvgIpc) is 2.57. The second-order valence-corrected chi connectivity index (χ2v) is 5.32. The van der Waals surface area contributed by atoms with Crippen molar-refractivity contribution in [3.63, 3.8) is 0 Å². The fourth-order valence-corrected chi connectivity index (χ4v) is 2.66. The molecular weight excluding hydrogens is 288 g/mol. The highest BCUT2D eigenvalue weighted by Crippen LogP contribution is 2.34. The van der Waals surface area contributed by atoms with Crippen molar-refractivity contribution in [1.82, 2.24) is 0 Å². The van der Waals surface area contributed by atoms with E-state index in [2.05, 4.69) is 6.58 Å². The molecule has 6 heteroatoms. The van der Waals surface area contributed by atoms with Crippen molar-refractivity contribution >= 4 is 0 Å². The zero-order chi connectivity index (χ0) is 15.5. The van der Waals surface area contributed by atoms with Gasteiger partial charge in [0.1, 0.15) is 24.4 Å². The molecule has 2 fully saturated rings. The molecule has 2 aliphatic heterocycles. The molecule has 0 radical (unpaired) electrons. The molecule has 0 spiro atoms. The molecule has 3 unspecified atom stereocenters. The van der Waals surface area contributed by atoms with Crippen LogP contribution in [0, 0.1) is 0 Å². The second-order valence-electron chi connectivity index (χ2n) is 5.32. The van der Waals surface area contributed by atoms with Crippen LogP contribution >= 0.6 is 0 Å². The van der Waals surface area contributed by atoms with E-state index in [1.807, 2.05) is 30.3 Å². The molecular formula is C16H20O6. The van der Waals surface area contributed by atoms with E-state index in [4.69, 9.17) is 18.9 Å². The van der Waals surface area contributed by atoms with Crippen molar-refractivity contribution in [2.24, 2.45) is 0 Å². The molecule has 2 N–H and O–H groups in total. The maximum Gasteiger partial charge on any atom is 0.187 e. The van der Waals surface area contributed by atoms with E-state index in [0.717, 1.165) is 5.56 Å². The molecule has 6 nitrogen and oxygen atoms in total. The molecule has 1 aromatic rings. The number of rotatable bonds is 4. The Balaban J connectivity index is 1.69. The molecule has 0 aromatic heterocycles. The van der Waals surface area contributed by atoms with E-state index >= 15 is 0 Å². The lowest BCUT2D eigenvalue weighted by atomic mass is 9.98. The predicted molar refractivity (Wildman–Crippen MR) is 76.8 cm³/mol. The molecule has 120 valence electrons. The number of aliphatic hydroxyl groups excluding tert-OH is 2. The minimum atomic E-state index is -1.18. The predicted octanol–water partition coefficient (Wildman–Crippen LogP) is 0.750. The Morgan fingerprint density at radius 1 is 1.18 bits per heavy atom. The lowest BCUT2D eigenvalue weighted by Gasteiger charge is -2.46. The van der Waals surface area contributed by atoms with Gasteiger partial charge in [-0.1, -0.05) is 36.4 Å². The average molecular weight is 308 g/mol. The number of ether oxygens (including phenoxy) is 4. The van der Waals surface area contributed by atoms with Gasteiger partial charge in [-0.2, -0.15) is 0 Å². The third kappa shape index (κ3) is 3.08. The molecule has 1 aromatic carbocycles. The number of aliphatic hydroxyl groups is 2. The molecule has 2 aliphatic rings. The first-order valence-electron chi connectivity index (χ1n) is 7.27. The Morgan fingerprint density at radius 3 is 2.68 bits per heavy atom. The van der Waals surface area contributed by atoms with Crippen molar-refractivity contribution in [1.29, 1.82) is 0 Å². The van der Waals surface area contributed by atoms with E-state index in [1.165, 1.54) is 0 Å². The van der Waals surface area contributed by atoms with Crippen molar-refractivity contribution < 1.29 is 29.2 Å². The fourth-order valence-electron chi connectivity index (χ4n) is 2.66. The van der Waals surface area contributed by atoms with Gasteiger partial charge in [0.15, 0.2) is 12.6 Å². The molecule has 0 saturated carbocycles. The molecule has 2 saturated heterocycles. The highest BCUT2D eigenvalue weighted by Gasteiger charge is 2.49. The monoisotopic (exact) mass is 308 g/mol. The molecule has 0 bridgehead atoms. The topological polar surface area (TPSA) is 77.4 Å². The Bertz CT molecular complexity index is 491. The van der Waals surface area contributed by atoms with Gasteiger partial charge < -0.3 is 29.2 Å². The largest absolute Gasteiger partial charge is 0.387 e. The third-order valence-electron chi connectivity index (χ3n) is 3.78. The van der Waals surface area contributed by atoms with Crippen LogP contribution in [0.4, 0.5) is 0 Å². The van der Waals surface area contributed by atoms with Crippen molar-refractivity contribution in [2.45, 2.75) is 37.0 Å². The minimum Gasteiger partial charge on any atom is -0.387 e. The number of hydrogen-bond donors (Lipinski definition) is 2. The molecule has 6 atom stereocenters. The SMILES string of the molecule is C=CCO[C@@H]1OC2COC(c3ccccc3)O[C@@H]2[C@H](O)C1O. The highest BCUT2D eigenvalue weighted by atomic mass is 16.8. The first kappa shape index (κ1) is 15.6. The molecule has 2 heterocycles. The van der Waals surface area contributed by atoms with Gasteiger partial charge >= 0.3 is 0 Å². The van der Waals surface area contributed by atoms with Crippen LogP contribution in [0.15, 0.2) is 43.0 Å².